The van der Waals surface area contributed by atoms with Crippen LogP contribution in [0.15, 0.2) is 24.3 Å². The summed E-state index contributed by atoms with van der Waals surface area (Å²) < 4.78 is 5.08. The Labute approximate surface area is 103 Å². The molecule has 0 N–H and O–H groups in total. The van der Waals surface area contributed by atoms with Gasteiger partial charge in [0.1, 0.15) is 0 Å². The van der Waals surface area contributed by atoms with E-state index in [2.05, 4.69) is 45.0 Å². The van der Waals surface area contributed by atoms with Crippen molar-refractivity contribution in [1.82, 2.24) is 0 Å². The van der Waals surface area contributed by atoms with Gasteiger partial charge in [0.2, 0.25) is 0 Å². The van der Waals surface area contributed by atoms with E-state index in [-0.39, 0.29) is 11.4 Å². The second-order valence-electron chi connectivity index (χ2n) is 6.05. The zero-order valence-electron chi connectivity index (χ0n) is 11.0. The molecule has 0 amide bonds. The van der Waals surface area contributed by atoms with Crippen molar-refractivity contribution in [2.75, 3.05) is 6.61 Å². The maximum absolute atomic E-state index is 11.8. The number of hydrogen-bond acceptors (Lipinski definition) is 2. The highest BCUT2D eigenvalue weighted by atomic mass is 16.5. The summed E-state index contributed by atoms with van der Waals surface area (Å²) in [6, 6.07) is 8.36. The van der Waals surface area contributed by atoms with Crippen LogP contribution in [0.2, 0.25) is 0 Å². The van der Waals surface area contributed by atoms with E-state index in [1.807, 2.05) is 6.92 Å². The van der Waals surface area contributed by atoms with Gasteiger partial charge in [-0.15, -0.1) is 0 Å². The minimum atomic E-state index is -0.448. The SMILES string of the molecule is CC(C)(C)c1ccc([C@]2(C)CCOC2=O)cc1. The third-order valence-electron chi connectivity index (χ3n) is 3.67. The van der Waals surface area contributed by atoms with E-state index >= 15 is 0 Å². The Balaban J connectivity index is 2.33. The molecule has 0 aliphatic carbocycles. The molecule has 1 aliphatic rings. The third-order valence-corrected chi connectivity index (χ3v) is 3.67. The maximum atomic E-state index is 11.8. The lowest BCUT2D eigenvalue weighted by Crippen LogP contribution is -2.27. The van der Waals surface area contributed by atoms with Crippen LogP contribution in [0.1, 0.15) is 45.2 Å². The molecule has 2 nitrogen and oxygen atoms in total. The first-order chi connectivity index (χ1) is 7.84. The summed E-state index contributed by atoms with van der Waals surface area (Å²) in [5.41, 5.74) is 2.05. The minimum absolute atomic E-state index is 0.0963. The van der Waals surface area contributed by atoms with Crippen LogP contribution in [0.4, 0.5) is 0 Å². The van der Waals surface area contributed by atoms with Crippen LogP contribution >= 0.6 is 0 Å². The van der Waals surface area contributed by atoms with Gasteiger partial charge in [-0.05, 0) is 23.5 Å². The predicted molar refractivity (Wildman–Crippen MR) is 68.1 cm³/mol. The van der Waals surface area contributed by atoms with Gasteiger partial charge in [-0.1, -0.05) is 45.0 Å². The fourth-order valence-electron chi connectivity index (χ4n) is 2.21. The molecule has 1 heterocycles. The number of cyclic esters (lactones) is 1. The number of rotatable bonds is 1. The molecule has 1 saturated heterocycles. The van der Waals surface area contributed by atoms with Crippen LogP contribution in [0, 0.1) is 0 Å². The van der Waals surface area contributed by atoms with E-state index in [0.717, 1.165) is 12.0 Å². The zero-order valence-corrected chi connectivity index (χ0v) is 11.0. The number of carbonyl (C=O) groups excluding carboxylic acids is 1. The van der Waals surface area contributed by atoms with Gasteiger partial charge in [-0.3, -0.25) is 4.79 Å². The molecule has 0 radical (unpaired) electrons. The first kappa shape index (κ1) is 12.2. The smallest absolute Gasteiger partial charge is 0.316 e. The van der Waals surface area contributed by atoms with Gasteiger partial charge >= 0.3 is 5.97 Å². The molecule has 0 saturated carbocycles. The summed E-state index contributed by atoms with van der Waals surface area (Å²) in [5, 5.41) is 0. The Hall–Kier alpha value is -1.31. The zero-order chi connectivity index (χ0) is 12.7. The molecule has 1 aliphatic heterocycles. The van der Waals surface area contributed by atoms with Crippen molar-refractivity contribution in [3.63, 3.8) is 0 Å². The Morgan fingerprint density at radius 1 is 1.18 bits per heavy atom. The van der Waals surface area contributed by atoms with Gasteiger partial charge in [0.25, 0.3) is 0 Å². The first-order valence-corrected chi connectivity index (χ1v) is 6.12. The normalized spacial score (nSPS) is 24.8. The van der Waals surface area contributed by atoms with Crippen LogP contribution in [0.25, 0.3) is 0 Å². The van der Waals surface area contributed by atoms with E-state index in [1.54, 1.807) is 0 Å². The van der Waals surface area contributed by atoms with Crippen LogP contribution in [0.3, 0.4) is 0 Å². The molecule has 0 bridgehead atoms. The lowest BCUT2D eigenvalue weighted by molar-refractivity contribution is -0.142. The molecule has 1 fully saturated rings. The molecule has 1 aromatic rings. The summed E-state index contributed by atoms with van der Waals surface area (Å²) in [6.07, 6.45) is 0.778. The first-order valence-electron chi connectivity index (χ1n) is 6.12. The summed E-state index contributed by atoms with van der Waals surface area (Å²) in [7, 11) is 0. The summed E-state index contributed by atoms with van der Waals surface area (Å²) >= 11 is 0. The molecular formula is C15H20O2. The Morgan fingerprint density at radius 3 is 2.18 bits per heavy atom. The average Bonchev–Trinajstić information content (AvgIpc) is 2.60. The Kier molecular flexibility index (Phi) is 2.76. The van der Waals surface area contributed by atoms with Gasteiger partial charge in [-0.2, -0.15) is 0 Å². The summed E-state index contributed by atoms with van der Waals surface area (Å²) in [6.45, 7) is 9.07. The van der Waals surface area contributed by atoms with Crippen LogP contribution in [-0.4, -0.2) is 12.6 Å². The van der Waals surface area contributed by atoms with E-state index in [9.17, 15) is 4.79 Å². The molecule has 92 valence electrons. The fourth-order valence-corrected chi connectivity index (χ4v) is 2.21. The topological polar surface area (TPSA) is 26.3 Å². The van der Waals surface area contributed by atoms with Gasteiger partial charge in [0.15, 0.2) is 0 Å². The van der Waals surface area contributed by atoms with Gasteiger partial charge in [0.05, 0.1) is 12.0 Å². The molecule has 1 aromatic carbocycles. The second kappa shape index (κ2) is 3.86. The second-order valence-corrected chi connectivity index (χ2v) is 6.05. The molecule has 0 unspecified atom stereocenters. The number of carbonyl (C=O) groups is 1. The van der Waals surface area contributed by atoms with Gasteiger partial charge in [-0.25, -0.2) is 0 Å². The van der Waals surface area contributed by atoms with Crippen molar-refractivity contribution in [2.45, 2.75) is 44.9 Å². The van der Waals surface area contributed by atoms with E-state index in [4.69, 9.17) is 4.74 Å². The number of benzene rings is 1. The molecule has 17 heavy (non-hydrogen) atoms. The van der Waals surface area contributed by atoms with Crippen LogP contribution in [0.5, 0.6) is 0 Å². The lowest BCUT2D eigenvalue weighted by Gasteiger charge is -2.23. The number of hydrogen-bond donors (Lipinski definition) is 0. The molecule has 0 spiro atoms. The van der Waals surface area contributed by atoms with E-state index in [1.165, 1.54) is 5.56 Å². The largest absolute Gasteiger partial charge is 0.465 e. The maximum Gasteiger partial charge on any atom is 0.316 e. The van der Waals surface area contributed by atoms with Crippen molar-refractivity contribution in [3.05, 3.63) is 35.4 Å². The highest BCUT2D eigenvalue weighted by molar-refractivity contribution is 5.84. The minimum Gasteiger partial charge on any atom is -0.465 e. The Morgan fingerprint density at radius 2 is 1.76 bits per heavy atom. The average molecular weight is 232 g/mol. The van der Waals surface area contributed by atoms with Crippen LogP contribution < -0.4 is 0 Å². The van der Waals surface area contributed by atoms with Crippen molar-refractivity contribution in [1.29, 1.82) is 0 Å². The highest BCUT2D eigenvalue weighted by Crippen LogP contribution is 2.34. The van der Waals surface area contributed by atoms with E-state index in [0.29, 0.717) is 6.61 Å². The third kappa shape index (κ3) is 2.08. The van der Waals surface area contributed by atoms with Gasteiger partial charge < -0.3 is 4.74 Å². The molecule has 2 rings (SSSR count). The number of esters is 1. The molecule has 2 heteroatoms. The lowest BCUT2D eigenvalue weighted by atomic mass is 9.79. The van der Waals surface area contributed by atoms with Crippen molar-refractivity contribution < 1.29 is 9.53 Å². The predicted octanol–water partition coefficient (Wildman–Crippen LogP) is 3.19. The molecular weight excluding hydrogens is 212 g/mol. The fraction of sp³-hybridized carbons (Fsp3) is 0.533. The quantitative estimate of drug-likeness (QED) is 0.695. The highest BCUT2D eigenvalue weighted by Gasteiger charge is 2.41. The summed E-state index contributed by atoms with van der Waals surface area (Å²) in [4.78, 5) is 11.8. The van der Waals surface area contributed by atoms with Crippen LogP contribution in [-0.2, 0) is 20.4 Å². The Bertz CT molecular complexity index is 425. The molecule has 1 atom stereocenters. The van der Waals surface area contributed by atoms with E-state index < -0.39 is 5.41 Å². The summed E-state index contributed by atoms with van der Waals surface area (Å²) in [5.74, 6) is -0.0963. The monoisotopic (exact) mass is 232 g/mol. The standard InChI is InChI=1S/C15H20O2/c1-14(2,3)11-5-7-12(8-6-11)15(4)9-10-17-13(15)16/h5-8H,9-10H2,1-4H3/t15-/m0/s1. The van der Waals surface area contributed by atoms with Gasteiger partial charge in [0, 0.05) is 6.42 Å². The molecule has 0 aromatic heterocycles. The number of ether oxygens (including phenoxy) is 1. The van der Waals surface area contributed by atoms with Crippen molar-refractivity contribution in [3.8, 4) is 0 Å². The van der Waals surface area contributed by atoms with Crippen molar-refractivity contribution in [2.24, 2.45) is 0 Å². The van der Waals surface area contributed by atoms with Crippen molar-refractivity contribution >= 4 is 5.97 Å².